The number of hydrogen-bond donors (Lipinski definition) is 1. The van der Waals surface area contributed by atoms with E-state index in [1.165, 1.54) is 0 Å². The lowest BCUT2D eigenvalue weighted by Crippen LogP contribution is -2.37. The quantitative estimate of drug-likeness (QED) is 0.873. The molecule has 3 rings (SSSR count). The predicted octanol–water partition coefficient (Wildman–Crippen LogP) is 3.24. The number of benzene rings is 1. The van der Waals surface area contributed by atoms with E-state index in [1.807, 2.05) is 25.1 Å². The highest BCUT2D eigenvalue weighted by molar-refractivity contribution is 9.10. The molecule has 1 aromatic heterocycles. The molecule has 0 spiro atoms. The topological polar surface area (TPSA) is 70.5 Å². The highest BCUT2D eigenvalue weighted by Gasteiger charge is 2.38. The number of fused-ring (bicyclic) bond motifs is 1. The molecule has 0 radical (unpaired) electrons. The van der Waals surface area contributed by atoms with E-state index >= 15 is 0 Å². The molecule has 120 valence electrons. The van der Waals surface area contributed by atoms with Gasteiger partial charge in [0.25, 0.3) is 5.91 Å². The second-order valence-electron chi connectivity index (χ2n) is 5.95. The Kier molecular flexibility index (Phi) is 4.10. The van der Waals surface area contributed by atoms with Crippen LogP contribution in [0.5, 0.6) is 0 Å². The van der Waals surface area contributed by atoms with Crippen molar-refractivity contribution in [2.24, 2.45) is 5.92 Å². The van der Waals surface area contributed by atoms with Crippen molar-refractivity contribution in [3.63, 3.8) is 0 Å². The van der Waals surface area contributed by atoms with E-state index in [-0.39, 0.29) is 11.9 Å². The van der Waals surface area contributed by atoms with Gasteiger partial charge in [-0.2, -0.15) is 0 Å². The average molecular weight is 377 g/mol. The van der Waals surface area contributed by atoms with Crippen molar-refractivity contribution >= 4 is 38.7 Å². The lowest BCUT2D eigenvalue weighted by atomic mass is 10.0. The Morgan fingerprint density at radius 3 is 2.74 bits per heavy atom. The second-order valence-corrected chi connectivity index (χ2v) is 6.86. The zero-order valence-electron chi connectivity index (χ0n) is 12.9. The third kappa shape index (κ3) is 2.83. The van der Waals surface area contributed by atoms with E-state index in [1.54, 1.807) is 17.9 Å². The minimum atomic E-state index is -0.841. The molecule has 5 nitrogen and oxygen atoms in total. The number of aromatic nitrogens is 1. The van der Waals surface area contributed by atoms with Crippen LogP contribution >= 0.6 is 15.9 Å². The normalized spacial score (nSPS) is 20.9. The van der Waals surface area contributed by atoms with Gasteiger partial charge in [-0.15, -0.1) is 0 Å². The van der Waals surface area contributed by atoms with E-state index in [9.17, 15) is 14.7 Å². The van der Waals surface area contributed by atoms with Gasteiger partial charge in [0.15, 0.2) is 0 Å². The summed E-state index contributed by atoms with van der Waals surface area (Å²) in [5, 5.41) is 10.0. The number of pyridine rings is 1. The van der Waals surface area contributed by atoms with Gasteiger partial charge >= 0.3 is 5.97 Å². The molecule has 1 N–H and O–H groups in total. The maximum Gasteiger partial charge on any atom is 0.308 e. The first-order valence-corrected chi connectivity index (χ1v) is 8.28. The second kappa shape index (κ2) is 5.92. The van der Waals surface area contributed by atoms with Crippen LogP contribution in [0.15, 0.2) is 28.7 Å². The molecule has 1 fully saturated rings. The smallest absolute Gasteiger partial charge is 0.308 e. The van der Waals surface area contributed by atoms with Crippen molar-refractivity contribution in [1.29, 1.82) is 0 Å². The van der Waals surface area contributed by atoms with Crippen molar-refractivity contribution < 1.29 is 14.7 Å². The van der Waals surface area contributed by atoms with Gasteiger partial charge in [0.1, 0.15) is 0 Å². The SMILES string of the molecule is Cc1cc(C(=O)N2CCC(C(=O)O)C2C)c2cc(Br)ccc2n1. The molecule has 0 bridgehead atoms. The lowest BCUT2D eigenvalue weighted by Gasteiger charge is -2.24. The highest BCUT2D eigenvalue weighted by atomic mass is 79.9. The first-order chi connectivity index (χ1) is 10.9. The summed E-state index contributed by atoms with van der Waals surface area (Å²) in [6.45, 7) is 4.12. The van der Waals surface area contributed by atoms with E-state index in [2.05, 4.69) is 20.9 Å². The Balaban J connectivity index is 2.05. The molecule has 1 saturated heterocycles. The third-order valence-corrected chi connectivity index (χ3v) is 4.96. The Labute approximate surface area is 142 Å². The van der Waals surface area contributed by atoms with Crippen LogP contribution in [0, 0.1) is 12.8 Å². The van der Waals surface area contributed by atoms with Gasteiger partial charge in [0.05, 0.1) is 17.0 Å². The summed E-state index contributed by atoms with van der Waals surface area (Å²) < 4.78 is 0.877. The van der Waals surface area contributed by atoms with Crippen LogP contribution in [-0.4, -0.2) is 39.5 Å². The first kappa shape index (κ1) is 15.9. The maximum atomic E-state index is 13.0. The number of carboxylic acids is 1. The molecule has 0 saturated carbocycles. The van der Waals surface area contributed by atoms with Crippen molar-refractivity contribution in [1.82, 2.24) is 9.88 Å². The number of amides is 1. The van der Waals surface area contributed by atoms with E-state index in [0.29, 0.717) is 18.5 Å². The number of likely N-dealkylation sites (tertiary alicyclic amines) is 1. The maximum absolute atomic E-state index is 13.0. The molecular formula is C17H17BrN2O3. The van der Waals surface area contributed by atoms with Crippen molar-refractivity contribution in [3.8, 4) is 0 Å². The molecule has 1 amide bonds. The Bertz CT molecular complexity index is 806. The summed E-state index contributed by atoms with van der Waals surface area (Å²) in [5.41, 5.74) is 2.11. The van der Waals surface area contributed by atoms with Crippen LogP contribution in [-0.2, 0) is 4.79 Å². The van der Waals surface area contributed by atoms with Gasteiger partial charge in [-0.1, -0.05) is 15.9 Å². The van der Waals surface area contributed by atoms with Gasteiger partial charge in [-0.05, 0) is 44.5 Å². The third-order valence-electron chi connectivity index (χ3n) is 4.46. The summed E-state index contributed by atoms with van der Waals surface area (Å²) in [4.78, 5) is 30.4. The number of halogens is 1. The molecular weight excluding hydrogens is 360 g/mol. The van der Waals surface area contributed by atoms with E-state index in [0.717, 1.165) is 21.1 Å². The van der Waals surface area contributed by atoms with Crippen molar-refractivity contribution in [3.05, 3.63) is 40.0 Å². The van der Waals surface area contributed by atoms with E-state index in [4.69, 9.17) is 0 Å². The van der Waals surface area contributed by atoms with Gasteiger partial charge < -0.3 is 10.0 Å². The molecule has 0 aliphatic carbocycles. The molecule has 1 aromatic carbocycles. The Morgan fingerprint density at radius 2 is 2.09 bits per heavy atom. The van der Waals surface area contributed by atoms with Crippen LogP contribution in [0.25, 0.3) is 10.9 Å². The zero-order valence-corrected chi connectivity index (χ0v) is 14.5. The number of carbonyl (C=O) groups is 2. The fourth-order valence-electron chi connectivity index (χ4n) is 3.22. The van der Waals surface area contributed by atoms with Crippen molar-refractivity contribution in [2.75, 3.05) is 6.54 Å². The van der Waals surface area contributed by atoms with Crippen LogP contribution in [0.3, 0.4) is 0 Å². The minimum Gasteiger partial charge on any atom is -0.481 e. The summed E-state index contributed by atoms with van der Waals surface area (Å²) in [6, 6.07) is 7.11. The Hall–Kier alpha value is -1.95. The molecule has 1 aliphatic rings. The molecule has 1 aliphatic heterocycles. The molecule has 2 unspecified atom stereocenters. The molecule has 2 aromatic rings. The van der Waals surface area contributed by atoms with Gasteiger partial charge in [-0.3, -0.25) is 14.6 Å². The number of nitrogens with zero attached hydrogens (tertiary/aromatic N) is 2. The van der Waals surface area contributed by atoms with Crippen LogP contribution in [0.1, 0.15) is 29.4 Å². The largest absolute Gasteiger partial charge is 0.481 e. The summed E-state index contributed by atoms with van der Waals surface area (Å²) in [7, 11) is 0. The van der Waals surface area contributed by atoms with Crippen LogP contribution < -0.4 is 0 Å². The number of hydrogen-bond acceptors (Lipinski definition) is 3. The monoisotopic (exact) mass is 376 g/mol. The molecule has 2 atom stereocenters. The lowest BCUT2D eigenvalue weighted by molar-refractivity contribution is -0.142. The fourth-order valence-corrected chi connectivity index (χ4v) is 3.58. The fraction of sp³-hybridized carbons (Fsp3) is 0.353. The average Bonchev–Trinajstić information content (AvgIpc) is 2.88. The van der Waals surface area contributed by atoms with Gasteiger partial charge in [0, 0.05) is 28.1 Å². The van der Waals surface area contributed by atoms with E-state index < -0.39 is 11.9 Å². The van der Waals surface area contributed by atoms with Gasteiger partial charge in [0.2, 0.25) is 0 Å². The predicted molar refractivity (Wildman–Crippen MR) is 90.4 cm³/mol. The number of aliphatic carboxylic acids is 1. The number of carboxylic acid groups (broad SMARTS) is 1. The van der Waals surface area contributed by atoms with Crippen molar-refractivity contribution in [2.45, 2.75) is 26.3 Å². The minimum absolute atomic E-state index is 0.130. The van der Waals surface area contributed by atoms with Gasteiger partial charge in [-0.25, -0.2) is 0 Å². The summed E-state index contributed by atoms with van der Waals surface area (Å²) >= 11 is 3.43. The highest BCUT2D eigenvalue weighted by Crippen LogP contribution is 2.29. The molecule has 2 heterocycles. The molecule has 6 heteroatoms. The molecule has 23 heavy (non-hydrogen) atoms. The van der Waals surface area contributed by atoms with Crippen LogP contribution in [0.4, 0.5) is 0 Å². The summed E-state index contributed by atoms with van der Waals surface area (Å²) in [6.07, 6.45) is 0.494. The standard InChI is InChI=1S/C17H17BrN2O3/c1-9-7-14(13-8-11(18)3-4-15(13)19-9)16(21)20-6-5-12(10(20)2)17(22)23/h3-4,7-8,10,12H,5-6H2,1-2H3,(H,22,23). The van der Waals surface area contributed by atoms with Crippen LogP contribution in [0.2, 0.25) is 0 Å². The number of rotatable bonds is 2. The Morgan fingerprint density at radius 1 is 1.35 bits per heavy atom. The number of aryl methyl sites for hydroxylation is 1. The zero-order chi connectivity index (χ0) is 16.7. The first-order valence-electron chi connectivity index (χ1n) is 7.49. The number of carbonyl (C=O) groups excluding carboxylic acids is 1. The summed E-state index contributed by atoms with van der Waals surface area (Å²) in [5.74, 6) is -1.47.